The van der Waals surface area contributed by atoms with Crippen molar-refractivity contribution in [3.05, 3.63) is 35.4 Å². The van der Waals surface area contributed by atoms with Gasteiger partial charge in [0, 0.05) is 19.9 Å². The number of benzene rings is 1. The minimum Gasteiger partial charge on any atom is -0.350 e. The summed E-state index contributed by atoms with van der Waals surface area (Å²) < 4.78 is 0. The van der Waals surface area contributed by atoms with Gasteiger partial charge in [0.2, 0.25) is 11.8 Å². The highest BCUT2D eigenvalue weighted by molar-refractivity contribution is 5.91. The average Bonchev–Trinajstić information content (AvgIpc) is 2.48. The lowest BCUT2D eigenvalue weighted by atomic mass is 9.87. The van der Waals surface area contributed by atoms with Crippen LogP contribution in [-0.2, 0) is 22.6 Å². The molecule has 96 valence electrons. The van der Waals surface area contributed by atoms with Gasteiger partial charge in [-0.05, 0) is 17.5 Å². The van der Waals surface area contributed by atoms with Crippen LogP contribution in [0.15, 0.2) is 24.3 Å². The van der Waals surface area contributed by atoms with Crippen molar-refractivity contribution in [3.8, 4) is 0 Å². The smallest absolute Gasteiger partial charge is 0.246 e. The molecule has 0 fully saturated rings. The Kier molecular flexibility index (Phi) is 3.36. The number of hydrogen-bond acceptors (Lipinski definition) is 2. The average molecular weight is 246 g/mol. The van der Waals surface area contributed by atoms with Gasteiger partial charge in [0.15, 0.2) is 0 Å². The molecule has 2 N–H and O–H groups in total. The van der Waals surface area contributed by atoms with Crippen molar-refractivity contribution in [1.29, 1.82) is 0 Å². The molecule has 1 aromatic rings. The molecule has 18 heavy (non-hydrogen) atoms. The number of hydrogen-bond donors (Lipinski definition) is 2. The Morgan fingerprint density at radius 1 is 1.39 bits per heavy atom. The summed E-state index contributed by atoms with van der Waals surface area (Å²) in [5.41, 5.74) is 1.41. The number of carbonyl (C=O) groups is 2. The summed E-state index contributed by atoms with van der Waals surface area (Å²) in [5.74, 6) is -0.275. The van der Waals surface area contributed by atoms with E-state index in [-0.39, 0.29) is 11.8 Å². The molecule has 2 amide bonds. The van der Waals surface area contributed by atoms with Crippen LogP contribution in [0.3, 0.4) is 0 Å². The van der Waals surface area contributed by atoms with E-state index in [4.69, 9.17) is 0 Å². The van der Waals surface area contributed by atoms with Gasteiger partial charge < -0.3 is 10.6 Å². The minimum absolute atomic E-state index is 0.101. The summed E-state index contributed by atoms with van der Waals surface area (Å²) >= 11 is 0. The standard InChI is InChI=1S/C14H18N2O2/c1-3-14(16-10(2)17)8-11-6-4-5-7-12(11)9-15-13(14)18/h4-7H,3,8-9H2,1-2H3,(H,15,18)(H,16,17). The summed E-state index contributed by atoms with van der Waals surface area (Å²) in [6, 6.07) is 7.95. The van der Waals surface area contributed by atoms with Gasteiger partial charge >= 0.3 is 0 Å². The SMILES string of the molecule is CCC1(NC(C)=O)Cc2ccccc2CNC1=O. The van der Waals surface area contributed by atoms with E-state index in [1.165, 1.54) is 6.92 Å². The largest absolute Gasteiger partial charge is 0.350 e. The number of amides is 2. The Morgan fingerprint density at radius 2 is 2.06 bits per heavy atom. The van der Waals surface area contributed by atoms with Crippen LogP contribution >= 0.6 is 0 Å². The predicted molar refractivity (Wildman–Crippen MR) is 68.8 cm³/mol. The zero-order chi connectivity index (χ0) is 13.2. The summed E-state index contributed by atoms with van der Waals surface area (Å²) in [6.45, 7) is 3.89. The number of rotatable bonds is 2. The van der Waals surface area contributed by atoms with Gasteiger partial charge in [-0.1, -0.05) is 31.2 Å². The molecule has 1 aliphatic rings. The Labute approximate surface area is 107 Å². The Morgan fingerprint density at radius 3 is 2.67 bits per heavy atom. The Balaban J connectivity index is 2.40. The van der Waals surface area contributed by atoms with Crippen LogP contribution in [0.2, 0.25) is 0 Å². The second-order valence-electron chi connectivity index (χ2n) is 4.75. The van der Waals surface area contributed by atoms with Crippen LogP contribution in [0.1, 0.15) is 31.4 Å². The molecule has 2 rings (SSSR count). The van der Waals surface area contributed by atoms with E-state index in [0.717, 1.165) is 11.1 Å². The second-order valence-corrected chi connectivity index (χ2v) is 4.75. The maximum absolute atomic E-state index is 12.2. The second kappa shape index (κ2) is 4.80. The van der Waals surface area contributed by atoms with Crippen LogP contribution in [-0.4, -0.2) is 17.4 Å². The number of carbonyl (C=O) groups excluding carboxylic acids is 2. The van der Waals surface area contributed by atoms with Crippen LogP contribution in [0.4, 0.5) is 0 Å². The lowest BCUT2D eigenvalue weighted by Gasteiger charge is -2.30. The molecule has 4 nitrogen and oxygen atoms in total. The molecular formula is C14H18N2O2. The quantitative estimate of drug-likeness (QED) is 0.822. The van der Waals surface area contributed by atoms with Gasteiger partial charge in [-0.3, -0.25) is 9.59 Å². The topological polar surface area (TPSA) is 58.2 Å². The first-order valence-corrected chi connectivity index (χ1v) is 6.21. The third kappa shape index (κ3) is 2.23. The molecule has 4 heteroatoms. The van der Waals surface area contributed by atoms with E-state index in [1.807, 2.05) is 31.2 Å². The Bertz CT molecular complexity index is 484. The molecule has 0 spiro atoms. The van der Waals surface area contributed by atoms with E-state index < -0.39 is 5.54 Å². The molecule has 0 bridgehead atoms. The van der Waals surface area contributed by atoms with Gasteiger partial charge in [-0.25, -0.2) is 0 Å². The summed E-state index contributed by atoms with van der Waals surface area (Å²) in [4.78, 5) is 23.6. The van der Waals surface area contributed by atoms with Gasteiger partial charge in [0.25, 0.3) is 0 Å². The fourth-order valence-electron chi connectivity index (χ4n) is 2.46. The zero-order valence-corrected chi connectivity index (χ0v) is 10.7. The maximum Gasteiger partial charge on any atom is 0.246 e. The highest BCUT2D eigenvalue weighted by atomic mass is 16.2. The van der Waals surface area contributed by atoms with Gasteiger partial charge in [-0.2, -0.15) is 0 Å². The van der Waals surface area contributed by atoms with Crippen molar-refractivity contribution in [2.24, 2.45) is 0 Å². The third-order valence-corrected chi connectivity index (χ3v) is 3.50. The number of nitrogens with one attached hydrogen (secondary N) is 2. The van der Waals surface area contributed by atoms with E-state index in [2.05, 4.69) is 10.6 Å². The normalized spacial score (nSPS) is 22.7. The van der Waals surface area contributed by atoms with E-state index >= 15 is 0 Å². The first-order valence-electron chi connectivity index (χ1n) is 6.21. The molecule has 1 atom stereocenters. The lowest BCUT2D eigenvalue weighted by Crippen LogP contribution is -2.58. The van der Waals surface area contributed by atoms with E-state index in [1.54, 1.807) is 0 Å². The molecule has 1 aliphatic heterocycles. The minimum atomic E-state index is -0.821. The molecule has 1 aromatic carbocycles. The van der Waals surface area contributed by atoms with Gasteiger partial charge in [-0.15, -0.1) is 0 Å². The van der Waals surface area contributed by atoms with Crippen molar-refractivity contribution in [2.75, 3.05) is 0 Å². The van der Waals surface area contributed by atoms with Crippen molar-refractivity contribution in [3.63, 3.8) is 0 Å². The molecule has 0 saturated heterocycles. The van der Waals surface area contributed by atoms with Crippen molar-refractivity contribution in [2.45, 2.75) is 38.8 Å². The third-order valence-electron chi connectivity index (χ3n) is 3.50. The van der Waals surface area contributed by atoms with Crippen molar-refractivity contribution in [1.82, 2.24) is 10.6 Å². The van der Waals surface area contributed by atoms with Crippen molar-refractivity contribution < 1.29 is 9.59 Å². The van der Waals surface area contributed by atoms with Crippen LogP contribution in [0.25, 0.3) is 0 Å². The molecule has 0 radical (unpaired) electrons. The number of fused-ring (bicyclic) bond motifs is 1. The molecule has 1 heterocycles. The molecule has 0 aliphatic carbocycles. The summed E-state index contributed by atoms with van der Waals surface area (Å²) in [5, 5.41) is 5.72. The summed E-state index contributed by atoms with van der Waals surface area (Å²) in [7, 11) is 0. The highest BCUT2D eigenvalue weighted by Gasteiger charge is 2.39. The molecule has 1 unspecified atom stereocenters. The van der Waals surface area contributed by atoms with Crippen LogP contribution < -0.4 is 10.6 Å². The fourth-order valence-corrected chi connectivity index (χ4v) is 2.46. The van der Waals surface area contributed by atoms with E-state index in [9.17, 15) is 9.59 Å². The van der Waals surface area contributed by atoms with Crippen LogP contribution in [0, 0.1) is 0 Å². The van der Waals surface area contributed by atoms with Gasteiger partial charge in [0.1, 0.15) is 5.54 Å². The highest BCUT2D eigenvalue weighted by Crippen LogP contribution is 2.24. The zero-order valence-electron chi connectivity index (χ0n) is 10.7. The fraction of sp³-hybridized carbons (Fsp3) is 0.429. The molecule has 0 saturated carbocycles. The lowest BCUT2D eigenvalue weighted by molar-refractivity contribution is -0.133. The van der Waals surface area contributed by atoms with E-state index in [0.29, 0.717) is 19.4 Å². The molecular weight excluding hydrogens is 228 g/mol. The summed E-state index contributed by atoms with van der Waals surface area (Å²) in [6.07, 6.45) is 1.12. The van der Waals surface area contributed by atoms with Crippen LogP contribution in [0.5, 0.6) is 0 Å². The maximum atomic E-state index is 12.2. The predicted octanol–water partition coefficient (Wildman–Crippen LogP) is 1.14. The first kappa shape index (κ1) is 12.6. The monoisotopic (exact) mass is 246 g/mol. The first-order chi connectivity index (χ1) is 8.57. The van der Waals surface area contributed by atoms with Crippen molar-refractivity contribution >= 4 is 11.8 Å². The van der Waals surface area contributed by atoms with Gasteiger partial charge in [0.05, 0.1) is 0 Å². The molecule has 0 aromatic heterocycles. The Hall–Kier alpha value is -1.84.